The van der Waals surface area contributed by atoms with E-state index in [1.54, 1.807) is 6.07 Å². The van der Waals surface area contributed by atoms with Crippen LogP contribution in [0.25, 0.3) is 0 Å². The Bertz CT molecular complexity index is 463. The third-order valence-corrected chi connectivity index (χ3v) is 3.20. The number of amides is 1. The van der Waals surface area contributed by atoms with Crippen molar-refractivity contribution in [1.82, 2.24) is 5.32 Å². The van der Waals surface area contributed by atoms with Crippen molar-refractivity contribution in [3.63, 3.8) is 0 Å². The summed E-state index contributed by atoms with van der Waals surface area (Å²) in [6.07, 6.45) is 1.12. The summed E-state index contributed by atoms with van der Waals surface area (Å²) in [4.78, 5) is 11.9. The minimum atomic E-state index is -0.312. The fourth-order valence-corrected chi connectivity index (χ4v) is 2.25. The summed E-state index contributed by atoms with van der Waals surface area (Å²) >= 11 is 5.97. The molecule has 0 aromatic heterocycles. The van der Waals surface area contributed by atoms with E-state index in [0.717, 1.165) is 24.2 Å². The van der Waals surface area contributed by atoms with E-state index in [4.69, 9.17) is 16.3 Å². The quantitative estimate of drug-likeness (QED) is 0.789. The molecule has 1 aliphatic rings. The van der Waals surface area contributed by atoms with Gasteiger partial charge in [0, 0.05) is 22.9 Å². The van der Waals surface area contributed by atoms with Crippen molar-refractivity contribution in [3.8, 4) is 0 Å². The first-order chi connectivity index (χ1) is 9.08. The second kappa shape index (κ2) is 6.37. The number of benzene rings is 1. The molecule has 5 heteroatoms. The van der Waals surface area contributed by atoms with Crippen molar-refractivity contribution >= 4 is 23.2 Å². The largest absolute Gasteiger partial charge is 0.379 e. The van der Waals surface area contributed by atoms with Crippen LogP contribution in [0.3, 0.4) is 0 Å². The number of hydrogen-bond donors (Lipinski definition) is 2. The summed E-state index contributed by atoms with van der Waals surface area (Å²) < 4.78 is 5.46. The molecule has 0 saturated heterocycles. The number of rotatable bonds is 6. The standard InChI is InChI=1S/C14H19ClN2O2/c1-9(2)19-7-3-6-16-13-11-8-10(15)4-5-12(11)17-14(13)18/h4-5,8-9,13,16H,3,6-7H2,1-2H3,(H,17,18). The van der Waals surface area contributed by atoms with E-state index in [-0.39, 0.29) is 18.1 Å². The minimum absolute atomic E-state index is 0.0259. The number of hydrogen-bond acceptors (Lipinski definition) is 3. The van der Waals surface area contributed by atoms with Gasteiger partial charge in [-0.15, -0.1) is 0 Å². The summed E-state index contributed by atoms with van der Waals surface area (Å²) in [7, 11) is 0. The highest BCUT2D eigenvalue weighted by Gasteiger charge is 2.29. The zero-order chi connectivity index (χ0) is 13.8. The lowest BCUT2D eigenvalue weighted by Crippen LogP contribution is -2.29. The van der Waals surface area contributed by atoms with Gasteiger partial charge in [0.25, 0.3) is 0 Å². The summed E-state index contributed by atoms with van der Waals surface area (Å²) in [5.74, 6) is -0.0259. The van der Waals surface area contributed by atoms with Crippen molar-refractivity contribution in [2.24, 2.45) is 0 Å². The first kappa shape index (κ1) is 14.3. The number of halogens is 1. The van der Waals surface area contributed by atoms with Crippen LogP contribution in [0.1, 0.15) is 31.9 Å². The van der Waals surface area contributed by atoms with Crippen molar-refractivity contribution in [3.05, 3.63) is 28.8 Å². The van der Waals surface area contributed by atoms with Gasteiger partial charge in [-0.1, -0.05) is 11.6 Å². The minimum Gasteiger partial charge on any atom is -0.379 e. The predicted octanol–water partition coefficient (Wildman–Crippen LogP) is 2.74. The molecule has 2 N–H and O–H groups in total. The van der Waals surface area contributed by atoms with Gasteiger partial charge in [0.1, 0.15) is 6.04 Å². The maximum Gasteiger partial charge on any atom is 0.246 e. The summed E-state index contributed by atoms with van der Waals surface area (Å²) in [5.41, 5.74) is 1.76. The summed E-state index contributed by atoms with van der Waals surface area (Å²) in [6, 6.07) is 5.13. The van der Waals surface area contributed by atoms with Crippen LogP contribution < -0.4 is 10.6 Å². The van der Waals surface area contributed by atoms with Crippen molar-refractivity contribution in [1.29, 1.82) is 0 Å². The maximum atomic E-state index is 11.9. The molecule has 1 aliphatic heterocycles. The fourth-order valence-electron chi connectivity index (χ4n) is 2.07. The fraction of sp³-hybridized carbons (Fsp3) is 0.500. The predicted molar refractivity (Wildman–Crippen MR) is 76.5 cm³/mol. The molecule has 0 radical (unpaired) electrons. The Kier molecular flexibility index (Phi) is 4.80. The van der Waals surface area contributed by atoms with Gasteiger partial charge in [-0.2, -0.15) is 0 Å². The molecule has 0 aliphatic carbocycles. The normalized spacial score (nSPS) is 17.7. The van der Waals surface area contributed by atoms with E-state index in [2.05, 4.69) is 10.6 Å². The van der Waals surface area contributed by atoms with Gasteiger partial charge in [-0.3, -0.25) is 4.79 Å². The lowest BCUT2D eigenvalue weighted by Gasteiger charge is -2.12. The molecule has 19 heavy (non-hydrogen) atoms. The Labute approximate surface area is 118 Å². The molecule has 0 fully saturated rings. The first-order valence-electron chi connectivity index (χ1n) is 6.53. The number of nitrogens with one attached hydrogen (secondary N) is 2. The van der Waals surface area contributed by atoms with Gasteiger partial charge in [0.2, 0.25) is 5.91 Å². The van der Waals surface area contributed by atoms with Crippen LogP contribution in [0, 0.1) is 0 Å². The van der Waals surface area contributed by atoms with Gasteiger partial charge in [0.15, 0.2) is 0 Å². The molecule has 2 rings (SSSR count). The number of carbonyl (C=O) groups excluding carboxylic acids is 1. The lowest BCUT2D eigenvalue weighted by atomic mass is 10.1. The van der Waals surface area contributed by atoms with E-state index in [0.29, 0.717) is 11.6 Å². The lowest BCUT2D eigenvalue weighted by molar-refractivity contribution is -0.117. The van der Waals surface area contributed by atoms with Gasteiger partial charge >= 0.3 is 0 Å². The van der Waals surface area contributed by atoms with Crippen LogP contribution in [0.4, 0.5) is 5.69 Å². The smallest absolute Gasteiger partial charge is 0.246 e. The third-order valence-electron chi connectivity index (χ3n) is 2.97. The highest BCUT2D eigenvalue weighted by Crippen LogP contribution is 2.32. The highest BCUT2D eigenvalue weighted by atomic mass is 35.5. The average molecular weight is 283 g/mol. The number of anilines is 1. The van der Waals surface area contributed by atoms with Crippen LogP contribution in [0.5, 0.6) is 0 Å². The van der Waals surface area contributed by atoms with Crippen molar-refractivity contribution < 1.29 is 9.53 Å². The molecule has 1 heterocycles. The number of fused-ring (bicyclic) bond motifs is 1. The summed E-state index contributed by atoms with van der Waals surface area (Å²) in [5, 5.41) is 6.72. The van der Waals surface area contributed by atoms with E-state index < -0.39 is 0 Å². The Balaban J connectivity index is 1.88. The Morgan fingerprint density at radius 1 is 1.47 bits per heavy atom. The molecule has 0 bridgehead atoms. The van der Waals surface area contributed by atoms with Crippen LogP contribution in [0.15, 0.2) is 18.2 Å². The maximum absolute atomic E-state index is 11.9. The Morgan fingerprint density at radius 2 is 2.26 bits per heavy atom. The molecule has 1 amide bonds. The number of ether oxygens (including phenoxy) is 1. The molecular formula is C14H19ClN2O2. The molecule has 1 unspecified atom stereocenters. The van der Waals surface area contributed by atoms with Crippen molar-refractivity contribution in [2.75, 3.05) is 18.5 Å². The van der Waals surface area contributed by atoms with Crippen LogP contribution in [0.2, 0.25) is 5.02 Å². The van der Waals surface area contributed by atoms with Gasteiger partial charge in [-0.25, -0.2) is 0 Å². The van der Waals surface area contributed by atoms with Gasteiger partial charge < -0.3 is 15.4 Å². The zero-order valence-corrected chi connectivity index (χ0v) is 12.0. The Morgan fingerprint density at radius 3 is 3.00 bits per heavy atom. The number of carbonyl (C=O) groups is 1. The monoisotopic (exact) mass is 282 g/mol. The second-order valence-corrected chi connectivity index (χ2v) is 5.32. The average Bonchev–Trinajstić information content (AvgIpc) is 2.65. The van der Waals surface area contributed by atoms with Crippen LogP contribution >= 0.6 is 11.6 Å². The molecule has 0 saturated carbocycles. The van der Waals surface area contributed by atoms with Crippen LogP contribution in [-0.4, -0.2) is 25.2 Å². The zero-order valence-electron chi connectivity index (χ0n) is 11.2. The highest BCUT2D eigenvalue weighted by molar-refractivity contribution is 6.31. The van der Waals surface area contributed by atoms with E-state index >= 15 is 0 Å². The van der Waals surface area contributed by atoms with Gasteiger partial charge in [0.05, 0.1) is 6.10 Å². The molecular weight excluding hydrogens is 264 g/mol. The molecule has 104 valence electrons. The van der Waals surface area contributed by atoms with E-state index in [1.807, 2.05) is 26.0 Å². The molecule has 1 aromatic rings. The molecule has 1 aromatic carbocycles. The SMILES string of the molecule is CC(C)OCCCNC1C(=O)Nc2ccc(Cl)cc21. The van der Waals surface area contributed by atoms with Crippen LogP contribution in [-0.2, 0) is 9.53 Å². The molecule has 0 spiro atoms. The topological polar surface area (TPSA) is 50.4 Å². The molecule has 1 atom stereocenters. The van der Waals surface area contributed by atoms with E-state index in [1.165, 1.54) is 0 Å². The summed E-state index contributed by atoms with van der Waals surface area (Å²) in [6.45, 7) is 5.45. The second-order valence-electron chi connectivity index (χ2n) is 4.88. The van der Waals surface area contributed by atoms with Crippen molar-refractivity contribution in [2.45, 2.75) is 32.4 Å². The Hall–Kier alpha value is -1.10. The molecule has 4 nitrogen and oxygen atoms in total. The van der Waals surface area contributed by atoms with E-state index in [9.17, 15) is 4.79 Å². The first-order valence-corrected chi connectivity index (χ1v) is 6.91. The third kappa shape index (κ3) is 3.69. The van der Waals surface area contributed by atoms with Gasteiger partial charge in [-0.05, 0) is 45.0 Å².